The summed E-state index contributed by atoms with van der Waals surface area (Å²) in [6, 6.07) is 0. The second kappa shape index (κ2) is 11.3. The average molecular weight is 287 g/mol. The van der Waals surface area contributed by atoms with Crippen LogP contribution in [-0.4, -0.2) is 40.6 Å². The van der Waals surface area contributed by atoms with Gasteiger partial charge in [0.1, 0.15) is 0 Å². The van der Waals surface area contributed by atoms with Gasteiger partial charge in [0.15, 0.2) is 0 Å². The fourth-order valence-electron chi connectivity index (χ4n) is 1.22. The number of halogens is 1. The van der Waals surface area contributed by atoms with Gasteiger partial charge in [-0.2, -0.15) is 0 Å². The summed E-state index contributed by atoms with van der Waals surface area (Å²) in [5, 5.41) is 0. The SMILES string of the molecule is CCCCOCCOCCCCCS(=O)(=O)Cl. The van der Waals surface area contributed by atoms with Crippen molar-refractivity contribution in [2.75, 3.05) is 32.2 Å². The minimum absolute atomic E-state index is 0.0503. The Balaban J connectivity index is 3.04. The van der Waals surface area contributed by atoms with E-state index in [0.29, 0.717) is 26.2 Å². The molecule has 0 heterocycles. The molecule has 0 aliphatic carbocycles. The topological polar surface area (TPSA) is 52.6 Å². The lowest BCUT2D eigenvalue weighted by Gasteiger charge is -2.05. The highest BCUT2D eigenvalue weighted by molar-refractivity contribution is 8.13. The Bertz CT molecular complexity index is 254. The molecule has 0 aromatic heterocycles. The molecule has 0 atom stereocenters. The third kappa shape index (κ3) is 16.2. The molecule has 0 aliphatic rings. The van der Waals surface area contributed by atoms with Crippen molar-refractivity contribution in [2.45, 2.75) is 39.0 Å². The Hall–Kier alpha value is 0.160. The van der Waals surface area contributed by atoms with E-state index < -0.39 is 9.05 Å². The van der Waals surface area contributed by atoms with Crippen LogP contribution >= 0.6 is 10.7 Å². The summed E-state index contributed by atoms with van der Waals surface area (Å²) in [6.45, 7) is 4.82. The van der Waals surface area contributed by atoms with Crippen LogP contribution in [0.2, 0.25) is 0 Å². The third-order valence-electron chi connectivity index (χ3n) is 2.19. The maximum absolute atomic E-state index is 10.6. The number of unbranched alkanes of at least 4 members (excludes halogenated alkanes) is 3. The molecule has 0 aliphatic heterocycles. The predicted molar refractivity (Wildman–Crippen MR) is 70.0 cm³/mol. The van der Waals surface area contributed by atoms with Crippen LogP contribution in [0.1, 0.15) is 39.0 Å². The van der Waals surface area contributed by atoms with Crippen molar-refractivity contribution in [3.8, 4) is 0 Å². The van der Waals surface area contributed by atoms with Gasteiger partial charge >= 0.3 is 0 Å². The van der Waals surface area contributed by atoms with Crippen LogP contribution in [0.15, 0.2) is 0 Å². The van der Waals surface area contributed by atoms with Crippen LogP contribution in [0.5, 0.6) is 0 Å². The highest BCUT2D eigenvalue weighted by Crippen LogP contribution is 2.03. The highest BCUT2D eigenvalue weighted by Gasteiger charge is 2.03. The summed E-state index contributed by atoms with van der Waals surface area (Å²) in [4.78, 5) is 0. The fourth-order valence-corrected chi connectivity index (χ4v) is 2.10. The van der Waals surface area contributed by atoms with Crippen molar-refractivity contribution in [1.82, 2.24) is 0 Å². The number of rotatable bonds is 12. The van der Waals surface area contributed by atoms with Gasteiger partial charge in [-0.3, -0.25) is 0 Å². The number of hydrogen-bond acceptors (Lipinski definition) is 4. The van der Waals surface area contributed by atoms with Gasteiger partial charge in [0.25, 0.3) is 0 Å². The van der Waals surface area contributed by atoms with Gasteiger partial charge < -0.3 is 9.47 Å². The summed E-state index contributed by atoms with van der Waals surface area (Å²) >= 11 is 0. The molecule has 0 saturated heterocycles. The maximum Gasteiger partial charge on any atom is 0.232 e. The van der Waals surface area contributed by atoms with Crippen LogP contribution in [0.25, 0.3) is 0 Å². The van der Waals surface area contributed by atoms with Crippen LogP contribution in [0.3, 0.4) is 0 Å². The first-order valence-corrected chi connectivity index (χ1v) is 8.62. The van der Waals surface area contributed by atoms with Crippen molar-refractivity contribution in [1.29, 1.82) is 0 Å². The lowest BCUT2D eigenvalue weighted by atomic mass is 10.3. The Morgan fingerprint density at radius 1 is 0.882 bits per heavy atom. The second-order valence-electron chi connectivity index (χ2n) is 3.88. The first kappa shape index (κ1) is 17.2. The zero-order valence-electron chi connectivity index (χ0n) is 10.5. The molecule has 0 bridgehead atoms. The van der Waals surface area contributed by atoms with Gasteiger partial charge in [0.05, 0.1) is 19.0 Å². The van der Waals surface area contributed by atoms with E-state index in [9.17, 15) is 8.42 Å². The maximum atomic E-state index is 10.6. The molecule has 0 fully saturated rings. The minimum Gasteiger partial charge on any atom is -0.379 e. The third-order valence-corrected chi connectivity index (χ3v) is 3.43. The van der Waals surface area contributed by atoms with Crippen molar-refractivity contribution >= 4 is 19.7 Å². The largest absolute Gasteiger partial charge is 0.379 e. The Kier molecular flexibility index (Phi) is 11.4. The number of ether oxygens (including phenoxy) is 2. The minimum atomic E-state index is -3.32. The van der Waals surface area contributed by atoms with Crippen molar-refractivity contribution in [3.63, 3.8) is 0 Å². The van der Waals surface area contributed by atoms with E-state index in [2.05, 4.69) is 6.92 Å². The van der Waals surface area contributed by atoms with Crippen LogP contribution in [0.4, 0.5) is 0 Å². The molecule has 4 nitrogen and oxygen atoms in total. The molecule has 0 spiro atoms. The van der Waals surface area contributed by atoms with Crippen molar-refractivity contribution < 1.29 is 17.9 Å². The molecule has 0 radical (unpaired) electrons. The van der Waals surface area contributed by atoms with Crippen molar-refractivity contribution in [2.24, 2.45) is 0 Å². The summed E-state index contributed by atoms with van der Waals surface area (Å²) < 4.78 is 31.9. The van der Waals surface area contributed by atoms with Gasteiger partial charge in [-0.15, -0.1) is 0 Å². The summed E-state index contributed by atoms with van der Waals surface area (Å²) in [6.07, 6.45) is 4.52. The molecule has 0 aromatic rings. The van der Waals surface area contributed by atoms with Gasteiger partial charge in [-0.25, -0.2) is 8.42 Å². The van der Waals surface area contributed by atoms with Gasteiger partial charge in [0.2, 0.25) is 9.05 Å². The van der Waals surface area contributed by atoms with Crippen LogP contribution in [0, 0.1) is 0 Å². The van der Waals surface area contributed by atoms with E-state index >= 15 is 0 Å². The van der Waals surface area contributed by atoms with Gasteiger partial charge in [0, 0.05) is 23.9 Å². The molecule has 0 aromatic carbocycles. The number of hydrogen-bond donors (Lipinski definition) is 0. The summed E-state index contributed by atoms with van der Waals surface area (Å²) in [7, 11) is 1.76. The summed E-state index contributed by atoms with van der Waals surface area (Å²) in [5.41, 5.74) is 0. The van der Waals surface area contributed by atoms with Gasteiger partial charge in [-0.1, -0.05) is 19.8 Å². The van der Waals surface area contributed by atoms with Crippen LogP contribution < -0.4 is 0 Å². The lowest BCUT2D eigenvalue weighted by molar-refractivity contribution is 0.0454. The predicted octanol–water partition coefficient (Wildman–Crippen LogP) is 2.56. The Morgan fingerprint density at radius 3 is 2.00 bits per heavy atom. The molecular formula is C11H23ClO4S. The zero-order chi connectivity index (χ0) is 13.0. The average Bonchev–Trinajstić information content (AvgIpc) is 2.24. The van der Waals surface area contributed by atoms with E-state index in [1.807, 2.05) is 0 Å². The highest BCUT2D eigenvalue weighted by atomic mass is 35.7. The smallest absolute Gasteiger partial charge is 0.232 e. The molecule has 104 valence electrons. The zero-order valence-corrected chi connectivity index (χ0v) is 12.1. The monoisotopic (exact) mass is 286 g/mol. The quantitative estimate of drug-likeness (QED) is 0.409. The van der Waals surface area contributed by atoms with Crippen LogP contribution in [-0.2, 0) is 18.5 Å². The lowest BCUT2D eigenvalue weighted by Crippen LogP contribution is -2.06. The first-order chi connectivity index (χ1) is 8.06. The van der Waals surface area contributed by atoms with E-state index in [-0.39, 0.29) is 5.75 Å². The second-order valence-corrected chi connectivity index (χ2v) is 6.78. The molecule has 17 heavy (non-hydrogen) atoms. The summed E-state index contributed by atoms with van der Waals surface area (Å²) in [5.74, 6) is 0.0503. The molecule has 0 N–H and O–H groups in total. The molecular weight excluding hydrogens is 264 g/mol. The van der Waals surface area contributed by atoms with Crippen molar-refractivity contribution in [3.05, 3.63) is 0 Å². The molecule has 6 heteroatoms. The molecule has 0 saturated carbocycles. The Labute approximate surface area is 109 Å². The van der Waals surface area contributed by atoms with E-state index in [1.165, 1.54) is 0 Å². The molecule has 0 rings (SSSR count). The standard InChI is InChI=1S/C11H23ClO4S/c1-2-3-7-15-9-10-16-8-5-4-6-11-17(12,13)14/h2-11H2,1H3. The molecule has 0 amide bonds. The Morgan fingerprint density at radius 2 is 1.47 bits per heavy atom. The molecule has 0 unspecified atom stereocenters. The fraction of sp³-hybridized carbons (Fsp3) is 1.00. The van der Waals surface area contributed by atoms with E-state index in [1.54, 1.807) is 0 Å². The van der Waals surface area contributed by atoms with Gasteiger partial charge in [-0.05, 0) is 19.3 Å². The first-order valence-electron chi connectivity index (χ1n) is 6.14. The van der Waals surface area contributed by atoms with E-state index in [0.717, 1.165) is 32.3 Å². The normalized spacial score (nSPS) is 11.9. The van der Waals surface area contributed by atoms with E-state index in [4.69, 9.17) is 20.2 Å².